The van der Waals surface area contributed by atoms with E-state index in [1.807, 2.05) is 24.5 Å². The smallest absolute Gasteiger partial charge is 0.235 e. The van der Waals surface area contributed by atoms with Crippen molar-refractivity contribution in [1.29, 1.82) is 0 Å². The van der Waals surface area contributed by atoms with E-state index in [0.29, 0.717) is 11.9 Å². The summed E-state index contributed by atoms with van der Waals surface area (Å²) < 4.78 is 9.16. The fourth-order valence-electron chi connectivity index (χ4n) is 16.9. The zero-order valence-electron chi connectivity index (χ0n) is 60.8. The summed E-state index contributed by atoms with van der Waals surface area (Å²) >= 11 is 0. The van der Waals surface area contributed by atoms with Crippen molar-refractivity contribution in [1.82, 2.24) is 38.2 Å². The Bertz CT molecular complexity index is 7380. The van der Waals surface area contributed by atoms with Gasteiger partial charge < -0.3 is 9.13 Å². The maximum atomic E-state index is 5.30. The summed E-state index contributed by atoms with van der Waals surface area (Å²) in [6.45, 7) is 0. The summed E-state index contributed by atoms with van der Waals surface area (Å²) in [6.07, 6.45) is 3.76. The van der Waals surface area contributed by atoms with Gasteiger partial charge in [0.1, 0.15) is 0 Å². The van der Waals surface area contributed by atoms with Gasteiger partial charge in [0, 0.05) is 78.0 Å². The van der Waals surface area contributed by atoms with E-state index in [1.54, 1.807) is 0 Å². The normalized spacial score (nSPS) is 11.6. The number of aromatic nitrogens is 8. The summed E-state index contributed by atoms with van der Waals surface area (Å²) in [5.74, 6) is 1.28. The molecule has 22 rings (SSSR count). The molecule has 0 aliphatic rings. The van der Waals surface area contributed by atoms with Gasteiger partial charge in [0.15, 0.2) is 0 Å². The van der Waals surface area contributed by atoms with E-state index in [9.17, 15) is 0 Å². The molecule has 0 aliphatic carbocycles. The first-order chi connectivity index (χ1) is 55.6. The first-order valence-electron chi connectivity index (χ1n) is 38.0. The van der Waals surface area contributed by atoms with Gasteiger partial charge in [-0.05, 0) is 170 Å². The van der Waals surface area contributed by atoms with Crippen LogP contribution in [0.15, 0.2) is 413 Å². The van der Waals surface area contributed by atoms with Gasteiger partial charge in [-0.15, -0.1) is 0 Å². The fourth-order valence-corrected chi connectivity index (χ4v) is 16.9. The second kappa shape index (κ2) is 27.6. The van der Waals surface area contributed by atoms with E-state index < -0.39 is 0 Å². The van der Waals surface area contributed by atoms with Crippen LogP contribution < -0.4 is 0 Å². The van der Waals surface area contributed by atoms with Crippen molar-refractivity contribution in [2.75, 3.05) is 0 Å². The van der Waals surface area contributed by atoms with Gasteiger partial charge in [-0.1, -0.05) is 297 Å². The molecule has 22 aromatic rings. The maximum Gasteiger partial charge on any atom is 0.235 e. The van der Waals surface area contributed by atoms with Gasteiger partial charge >= 0.3 is 0 Å². The molecule has 8 nitrogen and oxygen atoms in total. The summed E-state index contributed by atoms with van der Waals surface area (Å²) in [6, 6.07) is 143. The molecule has 0 bridgehead atoms. The predicted molar refractivity (Wildman–Crippen MR) is 465 cm³/mol. The molecule has 0 aliphatic heterocycles. The van der Waals surface area contributed by atoms with Crippen LogP contribution in [-0.2, 0) is 0 Å². The van der Waals surface area contributed by atoms with E-state index >= 15 is 0 Å². The number of nitrogens with zero attached hydrogens (tertiary/aromatic N) is 8. The molecule has 0 unspecified atom stereocenters. The molecule has 0 radical (unpaired) electrons. The quantitative estimate of drug-likeness (QED) is 0.122. The lowest BCUT2D eigenvalue weighted by Crippen LogP contribution is -2.02. The highest BCUT2D eigenvalue weighted by atomic mass is 15.2. The zero-order chi connectivity index (χ0) is 74.0. The Hall–Kier alpha value is -15.1. The number of benzene rings is 16. The molecule has 6 heterocycles. The van der Waals surface area contributed by atoms with Crippen molar-refractivity contribution in [3.05, 3.63) is 413 Å². The molecule has 0 atom stereocenters. The van der Waals surface area contributed by atoms with Crippen LogP contribution in [0.25, 0.3) is 200 Å². The van der Waals surface area contributed by atoms with Crippen LogP contribution in [0.5, 0.6) is 0 Å². The summed E-state index contributed by atoms with van der Waals surface area (Å²) in [4.78, 5) is 20.4. The van der Waals surface area contributed by atoms with Gasteiger partial charge in [0.05, 0.1) is 55.5 Å². The third kappa shape index (κ3) is 11.3. The number of rotatable bonds is 12. The summed E-state index contributed by atoms with van der Waals surface area (Å²) in [5.41, 5.74) is 29.2. The van der Waals surface area contributed by atoms with E-state index in [0.717, 1.165) is 105 Å². The highest BCUT2D eigenvalue weighted by Crippen LogP contribution is 2.44. The number of fused-ring (bicyclic) bond motifs is 12. The van der Waals surface area contributed by atoms with Crippen LogP contribution in [-0.4, -0.2) is 38.2 Å². The Morgan fingerprint density at radius 1 is 0.161 bits per heavy atom. The molecule has 8 heteroatoms. The third-order valence-electron chi connectivity index (χ3n) is 22.1. The van der Waals surface area contributed by atoms with Crippen LogP contribution in [0.1, 0.15) is 0 Å². The van der Waals surface area contributed by atoms with E-state index in [4.69, 9.17) is 19.9 Å². The third-order valence-corrected chi connectivity index (χ3v) is 22.1. The number of hydrogen-bond acceptors (Lipinski definition) is 4. The Morgan fingerprint density at radius 2 is 0.464 bits per heavy atom. The van der Waals surface area contributed by atoms with Crippen molar-refractivity contribution in [2.45, 2.75) is 0 Å². The number of para-hydroxylation sites is 6. The minimum Gasteiger partial charge on any atom is -0.309 e. The highest BCUT2D eigenvalue weighted by molar-refractivity contribution is 6.15. The first-order valence-corrected chi connectivity index (χ1v) is 38.0. The molecule has 524 valence electrons. The zero-order valence-corrected chi connectivity index (χ0v) is 60.8. The lowest BCUT2D eigenvalue weighted by molar-refractivity contribution is 0.992. The lowest BCUT2D eigenvalue weighted by Gasteiger charge is -2.15. The van der Waals surface area contributed by atoms with Gasteiger partial charge in [0.2, 0.25) is 11.9 Å². The molecule has 16 aromatic carbocycles. The topological polar surface area (TPSA) is 71.3 Å². The minimum atomic E-state index is 0.640. The van der Waals surface area contributed by atoms with Crippen LogP contribution >= 0.6 is 0 Å². The first kappa shape index (κ1) is 65.2. The van der Waals surface area contributed by atoms with Crippen LogP contribution in [0.4, 0.5) is 0 Å². The highest BCUT2D eigenvalue weighted by Gasteiger charge is 2.23. The maximum absolute atomic E-state index is 5.30. The Kier molecular flexibility index (Phi) is 16.1. The van der Waals surface area contributed by atoms with Crippen LogP contribution in [0, 0.1) is 0 Å². The second-order valence-corrected chi connectivity index (χ2v) is 28.4. The van der Waals surface area contributed by atoms with E-state index in [-0.39, 0.29) is 0 Å². The van der Waals surface area contributed by atoms with E-state index in [1.165, 1.54) is 82.6 Å². The largest absolute Gasteiger partial charge is 0.309 e. The van der Waals surface area contributed by atoms with Crippen LogP contribution in [0.3, 0.4) is 0 Å². The van der Waals surface area contributed by atoms with Gasteiger partial charge in [-0.25, -0.2) is 19.9 Å². The molecular weight excluding hydrogens is 1360 g/mol. The number of hydrogen-bond donors (Lipinski definition) is 0. The molecule has 112 heavy (non-hydrogen) atoms. The van der Waals surface area contributed by atoms with E-state index in [2.05, 4.69) is 407 Å². The summed E-state index contributed by atoms with van der Waals surface area (Å²) in [7, 11) is 0. The monoisotopic (exact) mass is 1430 g/mol. The molecule has 0 amide bonds. The second-order valence-electron chi connectivity index (χ2n) is 28.4. The summed E-state index contributed by atoms with van der Waals surface area (Å²) in [5, 5.41) is 9.64. The Labute approximate surface area is 646 Å². The fraction of sp³-hybridized carbons (Fsp3) is 0. The molecule has 0 fully saturated rings. The lowest BCUT2D eigenvalue weighted by atomic mass is 9.91. The van der Waals surface area contributed by atoms with Crippen molar-refractivity contribution in [2.24, 2.45) is 0 Å². The average Bonchev–Trinajstić information content (AvgIpc) is 1.59. The molecule has 6 aromatic heterocycles. The van der Waals surface area contributed by atoms with Crippen LogP contribution in [0.2, 0.25) is 0 Å². The van der Waals surface area contributed by atoms with Gasteiger partial charge in [0.25, 0.3) is 0 Å². The average molecular weight is 1430 g/mol. The molecule has 0 spiro atoms. The molecule has 0 saturated carbocycles. The predicted octanol–water partition coefficient (Wildman–Crippen LogP) is 26.7. The molecular formula is C104H68N8. The van der Waals surface area contributed by atoms with Crippen molar-refractivity contribution in [3.8, 4) is 113 Å². The molecule has 0 saturated heterocycles. The van der Waals surface area contributed by atoms with Crippen molar-refractivity contribution in [3.63, 3.8) is 0 Å². The molecule has 0 N–H and O–H groups in total. The Morgan fingerprint density at radius 3 is 0.938 bits per heavy atom. The SMILES string of the molecule is c1ccc(-c2cccc(-c3ccccc3-c3ccnc(-n4c5ccccc5c5cc(-c6ccc7c8ccccc8n(-c8ccccc8)c7c6)ccc54)n3)c2)cc1.c1ccc(-c2ccccc2-c2ccccc2-c2ccnc(-n3c4ccccc4c4cc(-c5ccc6c7ccccc7n(-c7ccccc7)c6c5)ccc43)n2)cc1. The van der Waals surface area contributed by atoms with Gasteiger partial charge in [-0.2, -0.15) is 0 Å². The van der Waals surface area contributed by atoms with Crippen molar-refractivity contribution >= 4 is 87.2 Å². The minimum absolute atomic E-state index is 0.640. The standard InChI is InChI=1S/2C52H34N4/c1-3-14-35(15-4-1)36-16-13-17-39(32-36)41-20-7-8-21-42(41)47-30-31-53-52(54-47)56-49-25-12-10-23-44(49)46-33-37(27-29-50(46)56)38-26-28-45-43-22-9-11-24-48(43)55(51(45)34-38)40-18-5-2-6-19-40;1-3-15-35(16-4-1)39-19-7-8-20-40(39)41-21-9-10-22-42(41)47-31-32-53-52(54-47)56-49-26-14-12-24-44(49)46-33-36(28-30-50(46)56)37-27-29-45-43-23-11-13-25-48(43)55(51(45)34-37)38-17-5-2-6-18-38/h2*1-34H. The van der Waals surface area contributed by atoms with Crippen molar-refractivity contribution < 1.29 is 0 Å². The Balaban J connectivity index is 0.000000141. The van der Waals surface area contributed by atoms with Gasteiger partial charge in [-0.3, -0.25) is 9.13 Å².